The van der Waals surface area contributed by atoms with Crippen molar-refractivity contribution in [1.29, 1.82) is 0 Å². The number of imidazole rings is 1. The molecule has 0 aromatic carbocycles. The molecule has 0 spiro atoms. The number of methoxy groups -OCH3 is 1. The number of ether oxygens (including phenoxy) is 1. The SMILES string of the molecule is COC(C)(C)C(=O)Cn1c([N+](=O)[O-])cnc1C. The fourth-order valence-corrected chi connectivity index (χ4v) is 1.25. The smallest absolute Gasteiger partial charge is 0.343 e. The molecule has 17 heavy (non-hydrogen) atoms. The highest BCUT2D eigenvalue weighted by atomic mass is 16.6. The van der Waals surface area contributed by atoms with Crippen molar-refractivity contribution in [2.45, 2.75) is 32.9 Å². The summed E-state index contributed by atoms with van der Waals surface area (Å²) in [6.45, 7) is 4.73. The van der Waals surface area contributed by atoms with Crippen LogP contribution in [0.3, 0.4) is 0 Å². The summed E-state index contributed by atoms with van der Waals surface area (Å²) in [4.78, 5) is 25.9. The first kappa shape index (κ1) is 13.3. The molecule has 0 bridgehead atoms. The second kappa shape index (κ2) is 4.62. The first-order chi connectivity index (χ1) is 7.79. The predicted octanol–water partition coefficient (Wildman–Crippen LogP) is 1.09. The number of aromatic nitrogens is 2. The summed E-state index contributed by atoms with van der Waals surface area (Å²) in [5.41, 5.74) is -0.968. The monoisotopic (exact) mass is 241 g/mol. The lowest BCUT2D eigenvalue weighted by atomic mass is 10.0. The minimum Gasteiger partial charge on any atom is -0.371 e. The minimum atomic E-state index is -0.968. The largest absolute Gasteiger partial charge is 0.371 e. The standard InChI is InChI=1S/C10H15N3O4/c1-7-11-5-9(13(15)16)12(7)6-8(14)10(2,3)17-4/h5H,6H2,1-4H3. The number of carbonyl (C=O) groups is 1. The van der Waals surface area contributed by atoms with Crippen LogP contribution in [0.25, 0.3) is 0 Å². The summed E-state index contributed by atoms with van der Waals surface area (Å²) < 4.78 is 6.30. The highest BCUT2D eigenvalue weighted by Gasteiger charge is 2.31. The lowest BCUT2D eigenvalue weighted by Crippen LogP contribution is -2.36. The van der Waals surface area contributed by atoms with Crippen molar-refractivity contribution in [3.63, 3.8) is 0 Å². The molecule has 0 atom stereocenters. The second-order valence-electron chi connectivity index (χ2n) is 4.14. The van der Waals surface area contributed by atoms with Gasteiger partial charge in [0.15, 0.2) is 12.4 Å². The zero-order valence-electron chi connectivity index (χ0n) is 10.3. The van der Waals surface area contributed by atoms with Crippen LogP contribution in [0.15, 0.2) is 6.20 Å². The number of rotatable bonds is 5. The maximum atomic E-state index is 11.9. The van der Waals surface area contributed by atoms with Gasteiger partial charge in [0.1, 0.15) is 11.8 Å². The number of hydrogen-bond acceptors (Lipinski definition) is 5. The van der Waals surface area contributed by atoms with Crippen molar-refractivity contribution in [2.75, 3.05) is 7.11 Å². The van der Waals surface area contributed by atoms with E-state index in [2.05, 4.69) is 4.98 Å². The molecule has 0 N–H and O–H groups in total. The molecule has 0 amide bonds. The Morgan fingerprint density at radius 1 is 1.65 bits per heavy atom. The van der Waals surface area contributed by atoms with Crippen LogP contribution in [0, 0.1) is 17.0 Å². The summed E-state index contributed by atoms with van der Waals surface area (Å²) >= 11 is 0. The Balaban J connectivity index is 3.00. The van der Waals surface area contributed by atoms with Gasteiger partial charge < -0.3 is 14.9 Å². The highest BCUT2D eigenvalue weighted by Crippen LogP contribution is 2.17. The van der Waals surface area contributed by atoms with Crippen molar-refractivity contribution >= 4 is 11.6 Å². The Hall–Kier alpha value is -1.76. The third kappa shape index (κ3) is 2.68. The van der Waals surface area contributed by atoms with Crippen LogP contribution in [0.4, 0.5) is 5.82 Å². The molecular formula is C10H15N3O4. The molecule has 0 aliphatic heterocycles. The van der Waals surface area contributed by atoms with E-state index in [4.69, 9.17) is 4.74 Å². The first-order valence-corrected chi connectivity index (χ1v) is 5.04. The summed E-state index contributed by atoms with van der Waals surface area (Å²) in [5.74, 6) is -0.0103. The average Bonchev–Trinajstić information content (AvgIpc) is 2.60. The topological polar surface area (TPSA) is 87.3 Å². The fourth-order valence-electron chi connectivity index (χ4n) is 1.25. The summed E-state index contributed by atoms with van der Waals surface area (Å²) in [7, 11) is 1.42. The van der Waals surface area contributed by atoms with Gasteiger partial charge in [0.05, 0.1) is 0 Å². The molecule has 1 aromatic rings. The van der Waals surface area contributed by atoms with Crippen LogP contribution in [-0.2, 0) is 16.1 Å². The summed E-state index contributed by atoms with van der Waals surface area (Å²) in [6.07, 6.45) is 1.14. The van der Waals surface area contributed by atoms with Crippen molar-refractivity contribution < 1.29 is 14.5 Å². The molecule has 1 aromatic heterocycles. The van der Waals surface area contributed by atoms with Crippen LogP contribution in [0.1, 0.15) is 19.7 Å². The Bertz CT molecular complexity index is 450. The van der Waals surface area contributed by atoms with Gasteiger partial charge in [0, 0.05) is 14.0 Å². The van der Waals surface area contributed by atoms with Crippen LogP contribution in [-0.4, -0.2) is 33.0 Å². The fraction of sp³-hybridized carbons (Fsp3) is 0.600. The number of nitrogens with zero attached hydrogens (tertiary/aromatic N) is 3. The normalized spacial score (nSPS) is 11.5. The van der Waals surface area contributed by atoms with Crippen molar-refractivity contribution in [3.8, 4) is 0 Å². The molecule has 0 aliphatic rings. The van der Waals surface area contributed by atoms with Gasteiger partial charge in [-0.2, -0.15) is 0 Å². The molecule has 0 fully saturated rings. The minimum absolute atomic E-state index is 0.122. The first-order valence-electron chi connectivity index (χ1n) is 5.04. The number of Topliss-reactive ketones (excluding diaryl/α,β-unsaturated/α-hetero) is 1. The third-order valence-electron chi connectivity index (χ3n) is 2.70. The molecule has 1 heterocycles. The molecule has 7 heteroatoms. The van der Waals surface area contributed by atoms with E-state index in [1.54, 1.807) is 20.8 Å². The van der Waals surface area contributed by atoms with E-state index in [0.29, 0.717) is 5.82 Å². The van der Waals surface area contributed by atoms with Gasteiger partial charge >= 0.3 is 5.82 Å². The average molecular weight is 241 g/mol. The number of ketones is 1. The maximum Gasteiger partial charge on any atom is 0.343 e. The van der Waals surface area contributed by atoms with Crippen molar-refractivity contribution in [3.05, 3.63) is 22.1 Å². The van der Waals surface area contributed by atoms with E-state index < -0.39 is 10.5 Å². The summed E-state index contributed by atoms with van der Waals surface area (Å²) in [6, 6.07) is 0. The molecule has 0 saturated heterocycles. The van der Waals surface area contributed by atoms with E-state index in [1.165, 1.54) is 11.7 Å². The number of nitro groups is 1. The molecule has 0 radical (unpaired) electrons. The Morgan fingerprint density at radius 3 is 2.71 bits per heavy atom. The predicted molar refractivity (Wildman–Crippen MR) is 59.7 cm³/mol. The van der Waals surface area contributed by atoms with E-state index in [0.717, 1.165) is 6.20 Å². The third-order valence-corrected chi connectivity index (χ3v) is 2.70. The van der Waals surface area contributed by atoms with Gasteiger partial charge in [-0.05, 0) is 18.8 Å². The van der Waals surface area contributed by atoms with E-state index >= 15 is 0 Å². The van der Waals surface area contributed by atoms with Crippen molar-refractivity contribution in [1.82, 2.24) is 9.55 Å². The molecule has 7 nitrogen and oxygen atoms in total. The number of carbonyl (C=O) groups excluding carboxylic acids is 1. The van der Waals surface area contributed by atoms with E-state index in [1.807, 2.05) is 0 Å². The molecule has 1 rings (SSSR count). The zero-order chi connectivity index (χ0) is 13.2. The highest BCUT2D eigenvalue weighted by molar-refractivity contribution is 5.86. The maximum absolute atomic E-state index is 11.9. The van der Waals surface area contributed by atoms with Crippen LogP contribution >= 0.6 is 0 Å². The molecular weight excluding hydrogens is 226 g/mol. The number of aryl methyl sites for hydroxylation is 1. The quantitative estimate of drug-likeness (QED) is 0.569. The Kier molecular flexibility index (Phi) is 3.62. The second-order valence-corrected chi connectivity index (χ2v) is 4.14. The zero-order valence-corrected chi connectivity index (χ0v) is 10.3. The van der Waals surface area contributed by atoms with Gasteiger partial charge in [-0.15, -0.1) is 0 Å². The van der Waals surface area contributed by atoms with Gasteiger partial charge in [-0.3, -0.25) is 4.79 Å². The van der Waals surface area contributed by atoms with Crippen LogP contribution in [0.5, 0.6) is 0 Å². The Labute approximate surface area is 98.6 Å². The Morgan fingerprint density at radius 2 is 2.24 bits per heavy atom. The van der Waals surface area contributed by atoms with Crippen molar-refractivity contribution in [2.24, 2.45) is 0 Å². The molecule has 0 aliphatic carbocycles. The van der Waals surface area contributed by atoms with E-state index in [-0.39, 0.29) is 18.1 Å². The van der Waals surface area contributed by atoms with E-state index in [9.17, 15) is 14.9 Å². The number of hydrogen-bond donors (Lipinski definition) is 0. The van der Waals surface area contributed by atoms with Gasteiger partial charge in [-0.1, -0.05) is 0 Å². The van der Waals surface area contributed by atoms with Gasteiger partial charge in [0.25, 0.3) is 0 Å². The molecule has 0 saturated carbocycles. The molecule has 94 valence electrons. The van der Waals surface area contributed by atoms with Gasteiger partial charge in [-0.25, -0.2) is 9.55 Å². The van der Waals surface area contributed by atoms with Gasteiger partial charge in [0.2, 0.25) is 5.78 Å². The lowest BCUT2D eigenvalue weighted by Gasteiger charge is -2.20. The van der Waals surface area contributed by atoms with Crippen LogP contribution < -0.4 is 0 Å². The summed E-state index contributed by atoms with van der Waals surface area (Å²) in [5, 5.41) is 10.7. The lowest BCUT2D eigenvalue weighted by molar-refractivity contribution is -0.392. The molecule has 0 unspecified atom stereocenters. The van der Waals surface area contributed by atoms with Crippen LogP contribution in [0.2, 0.25) is 0 Å².